The fraction of sp³-hybridized carbons (Fsp3) is 0.679. The molecule has 0 heterocycles. The van der Waals surface area contributed by atoms with Crippen molar-refractivity contribution in [3.8, 4) is 0 Å². The van der Waals surface area contributed by atoms with Crippen molar-refractivity contribution in [3.05, 3.63) is 77.1 Å². The Morgan fingerprint density at radius 2 is 1.52 bits per heavy atom. The van der Waals surface area contributed by atoms with Crippen molar-refractivity contribution < 1.29 is 37.5 Å². The van der Waals surface area contributed by atoms with Crippen LogP contribution in [0.3, 0.4) is 0 Å². The number of carbonyl (C=O) groups excluding carboxylic acids is 3. The minimum Gasteiger partial charge on any atom is -0.393 e. The van der Waals surface area contributed by atoms with Gasteiger partial charge in [0.05, 0.1) is 25.7 Å². The lowest BCUT2D eigenvalue weighted by atomic mass is 9.33. The number of anilines is 1. The number of aliphatic hydroxyl groups excluding tert-OH is 1. The quantitative estimate of drug-likeness (QED) is 0.0963. The van der Waals surface area contributed by atoms with Crippen LogP contribution >= 0.6 is 7.60 Å². The van der Waals surface area contributed by atoms with Crippen molar-refractivity contribution in [2.24, 2.45) is 50.2 Å². The maximum Gasteiger partial charge on any atom is 0.357 e. The van der Waals surface area contributed by atoms with Gasteiger partial charge in [-0.25, -0.2) is 4.39 Å². The van der Waals surface area contributed by atoms with Gasteiger partial charge in [0, 0.05) is 30.1 Å². The van der Waals surface area contributed by atoms with Crippen LogP contribution in [0, 0.1) is 56.1 Å². The number of carbonyl (C=O) groups is 3. The number of allylic oxidation sites excluding steroid dienone is 2. The normalized spacial score (nSPS) is 34.4. The summed E-state index contributed by atoms with van der Waals surface area (Å²) in [7, 11) is -3.72. The lowest BCUT2D eigenvalue weighted by molar-refractivity contribution is -0.202. The summed E-state index contributed by atoms with van der Waals surface area (Å²) in [6, 6.07) is 13.1. The molecule has 10 atom stereocenters. The Morgan fingerprint density at radius 1 is 0.862 bits per heavy atom. The predicted octanol–water partition coefficient (Wildman–Crippen LogP) is 11.1. The minimum absolute atomic E-state index is 0.0518. The molecule has 7 rings (SSSR count). The van der Waals surface area contributed by atoms with Crippen LogP contribution in [0.25, 0.3) is 0 Å². The van der Waals surface area contributed by atoms with Gasteiger partial charge in [-0.1, -0.05) is 78.3 Å². The Balaban J connectivity index is 0.909. The molecule has 10 nitrogen and oxygen atoms in total. The molecule has 12 heteroatoms. The van der Waals surface area contributed by atoms with Gasteiger partial charge in [-0.3, -0.25) is 18.9 Å². The third kappa shape index (κ3) is 9.06. The zero-order valence-electron chi connectivity index (χ0n) is 40.6. The molecule has 0 aliphatic heterocycles. The number of halogens is 1. The van der Waals surface area contributed by atoms with E-state index in [2.05, 4.69) is 70.5 Å². The summed E-state index contributed by atoms with van der Waals surface area (Å²) in [6.07, 6.45) is 11.7. The number of aliphatic hydroxyl groups is 1. The van der Waals surface area contributed by atoms with Crippen molar-refractivity contribution in [2.75, 3.05) is 31.6 Å². The van der Waals surface area contributed by atoms with E-state index in [1.165, 1.54) is 17.7 Å². The highest BCUT2D eigenvalue weighted by molar-refractivity contribution is 7.54. The highest BCUT2D eigenvalue weighted by atomic mass is 31.2. The Morgan fingerprint density at radius 3 is 2.18 bits per heavy atom. The first-order chi connectivity index (χ1) is 30.6. The number of amides is 2. The van der Waals surface area contributed by atoms with E-state index in [1.807, 2.05) is 12.1 Å². The molecule has 65 heavy (non-hydrogen) atoms. The molecule has 5 aliphatic rings. The maximum atomic E-state index is 14.7. The van der Waals surface area contributed by atoms with Gasteiger partial charge in [0.1, 0.15) is 5.82 Å². The van der Waals surface area contributed by atoms with Crippen LogP contribution in [0.15, 0.2) is 60.2 Å². The number of benzene rings is 2. The molecule has 2 aromatic carbocycles. The van der Waals surface area contributed by atoms with Crippen molar-refractivity contribution in [3.63, 3.8) is 0 Å². The molecule has 4 N–H and O–H groups in total. The van der Waals surface area contributed by atoms with Gasteiger partial charge in [-0.2, -0.15) is 0 Å². The van der Waals surface area contributed by atoms with Gasteiger partial charge in [-0.15, -0.1) is 0 Å². The maximum absolute atomic E-state index is 14.7. The highest BCUT2D eigenvalue weighted by Crippen LogP contribution is 2.75. The first kappa shape index (κ1) is 49.5. The predicted molar refractivity (Wildman–Crippen MR) is 254 cm³/mol. The lowest BCUT2D eigenvalue weighted by Crippen LogP contribution is -2.66. The Bertz CT molecular complexity index is 2170. The zero-order chi connectivity index (χ0) is 47.2. The molecule has 0 radical (unpaired) electrons. The largest absolute Gasteiger partial charge is 0.393 e. The van der Waals surface area contributed by atoms with Crippen LogP contribution in [-0.2, 0) is 34.4 Å². The van der Waals surface area contributed by atoms with E-state index < -0.39 is 24.6 Å². The van der Waals surface area contributed by atoms with Gasteiger partial charge in [0.15, 0.2) is 11.6 Å². The van der Waals surface area contributed by atoms with Crippen molar-refractivity contribution in [2.45, 2.75) is 151 Å². The molecule has 0 spiro atoms. The second-order valence-corrected chi connectivity index (χ2v) is 24.4. The van der Waals surface area contributed by atoms with Gasteiger partial charge in [0.2, 0.25) is 11.8 Å². The van der Waals surface area contributed by atoms with E-state index >= 15 is 0 Å². The standard InChI is InChI=1S/C53H77FN3O7P/c1-10-63-65(62,64-11-2)46(36-15-14-16-37(54)32-36)57-38-19-17-35(18-20-38)31-44(60)55-29-12-13-30-56-47(61)50(6)26-25-49(5)27-28-52(8)39(40(49)34-50)33-41(58)45-51(7)23-22-43(59)48(3,4)42(51)21-24-53(45,52)9/h14-20,32-33,40,42-43,45-46,57,59H,10-13,21-31,34H2,1-9H3,(H,55,60)(H,56,61)/t40-,42-,43-,45+,46?,49+,50-,51-,52+,53+/m0/s1. The van der Waals surface area contributed by atoms with E-state index in [9.17, 15) is 28.4 Å². The Kier molecular flexibility index (Phi) is 14.2. The molecule has 2 aromatic rings. The SMILES string of the molecule is CCOP(=O)(OCC)C(Nc1ccc(CC(=O)NCCCCNC(=O)[C@@]2(C)CC[C@]3(C)CC[C@]4(C)C(=CC(=O)[C@@H]5[C@@]6(C)CC[C@H](O)C(C)(C)[C@@H]6CC[C@]54C)[C@@H]3C2)cc1)c1cccc(F)c1. The van der Waals surface area contributed by atoms with Crippen molar-refractivity contribution in [1.82, 2.24) is 10.6 Å². The van der Waals surface area contributed by atoms with Crippen molar-refractivity contribution >= 4 is 30.9 Å². The van der Waals surface area contributed by atoms with Gasteiger partial charge in [0.25, 0.3) is 0 Å². The number of unbranched alkanes of at least 4 members (excludes halogenated alkanes) is 1. The monoisotopic (exact) mass is 918 g/mol. The minimum atomic E-state index is -3.72. The molecule has 358 valence electrons. The summed E-state index contributed by atoms with van der Waals surface area (Å²) in [5.74, 6) is -0.757. The second kappa shape index (κ2) is 18.6. The number of ketones is 1. The summed E-state index contributed by atoms with van der Waals surface area (Å²) in [4.78, 5) is 41.7. The van der Waals surface area contributed by atoms with E-state index in [-0.39, 0.29) is 82.2 Å². The lowest BCUT2D eigenvalue weighted by Gasteiger charge is -2.70. The number of fused-ring (bicyclic) bond motifs is 7. The van der Waals surface area contributed by atoms with Crippen LogP contribution in [0.2, 0.25) is 0 Å². The van der Waals surface area contributed by atoms with Crippen LogP contribution in [0.1, 0.15) is 150 Å². The average Bonchev–Trinajstić information content (AvgIpc) is 3.24. The van der Waals surface area contributed by atoms with Crippen LogP contribution in [0.4, 0.5) is 10.1 Å². The number of rotatable bonds is 16. The number of nitrogens with one attached hydrogen (secondary N) is 3. The highest BCUT2D eigenvalue weighted by Gasteiger charge is 2.70. The second-order valence-electron chi connectivity index (χ2n) is 22.3. The number of hydrogen-bond donors (Lipinski definition) is 4. The molecular weight excluding hydrogens is 841 g/mol. The average molecular weight is 918 g/mol. The number of hydrogen-bond acceptors (Lipinski definition) is 8. The van der Waals surface area contributed by atoms with Crippen molar-refractivity contribution in [1.29, 1.82) is 0 Å². The molecule has 4 fully saturated rings. The van der Waals surface area contributed by atoms with Gasteiger partial charge < -0.3 is 30.1 Å². The third-order valence-electron chi connectivity index (χ3n) is 18.0. The molecule has 0 aromatic heterocycles. The third-order valence-corrected chi connectivity index (χ3v) is 20.3. The van der Waals surface area contributed by atoms with Crippen LogP contribution < -0.4 is 16.0 Å². The molecule has 4 saturated carbocycles. The summed E-state index contributed by atoms with van der Waals surface area (Å²) in [6.45, 7) is 21.0. The fourth-order valence-corrected chi connectivity index (χ4v) is 15.9. The Hall–Kier alpha value is -3.37. The van der Waals surface area contributed by atoms with E-state index in [4.69, 9.17) is 9.05 Å². The first-order valence-electron chi connectivity index (χ1n) is 24.6. The molecule has 1 unspecified atom stereocenters. The zero-order valence-corrected chi connectivity index (χ0v) is 41.5. The fourth-order valence-electron chi connectivity index (χ4n) is 14.0. The Labute approximate surface area is 388 Å². The summed E-state index contributed by atoms with van der Waals surface area (Å²) in [5, 5.41) is 20.6. The summed E-state index contributed by atoms with van der Waals surface area (Å²) < 4.78 is 39.3. The van der Waals surface area contributed by atoms with Crippen LogP contribution in [-0.4, -0.2) is 55.1 Å². The topological polar surface area (TPSA) is 143 Å². The van der Waals surface area contributed by atoms with E-state index in [0.717, 1.165) is 76.2 Å². The molecule has 0 bridgehead atoms. The van der Waals surface area contributed by atoms with E-state index in [0.29, 0.717) is 30.3 Å². The molecule has 2 amide bonds. The van der Waals surface area contributed by atoms with E-state index in [1.54, 1.807) is 38.1 Å². The summed E-state index contributed by atoms with van der Waals surface area (Å²) >= 11 is 0. The van der Waals surface area contributed by atoms with Crippen LogP contribution in [0.5, 0.6) is 0 Å². The molecule has 0 saturated heterocycles. The van der Waals surface area contributed by atoms with Gasteiger partial charge in [-0.05, 0) is 165 Å². The van der Waals surface area contributed by atoms with Gasteiger partial charge >= 0.3 is 7.60 Å². The molecular formula is C53H77FN3O7P. The first-order valence-corrected chi connectivity index (χ1v) is 26.2. The smallest absolute Gasteiger partial charge is 0.357 e. The molecule has 5 aliphatic carbocycles. The summed E-state index contributed by atoms with van der Waals surface area (Å²) in [5.41, 5.74) is 1.98.